The minimum atomic E-state index is -4.36. The first-order chi connectivity index (χ1) is 12.8. The van der Waals surface area contributed by atoms with Crippen molar-refractivity contribution < 1.29 is 13.2 Å². The van der Waals surface area contributed by atoms with Crippen molar-refractivity contribution >= 4 is 11.6 Å². The fourth-order valence-corrected chi connectivity index (χ4v) is 3.63. The van der Waals surface area contributed by atoms with Gasteiger partial charge in [-0.15, -0.1) is 0 Å². The highest BCUT2D eigenvalue weighted by Gasteiger charge is 2.31. The monoisotopic (exact) mass is 383 g/mol. The number of hydrogen-bond donors (Lipinski definition) is 1. The zero-order chi connectivity index (χ0) is 19.4. The van der Waals surface area contributed by atoms with Crippen LogP contribution < -0.4 is 10.6 Å². The number of nitrogens with two attached hydrogens (primary N) is 1. The maximum atomic E-state index is 13.2. The molecule has 0 radical (unpaired) electrons. The zero-order valence-electron chi connectivity index (χ0n) is 15.8. The molecule has 0 spiro atoms. The molecule has 2 saturated heterocycles. The second-order valence-corrected chi connectivity index (χ2v) is 7.35. The molecule has 8 heteroatoms. The smallest absolute Gasteiger partial charge is 0.370 e. The van der Waals surface area contributed by atoms with Crippen molar-refractivity contribution in [2.45, 2.75) is 32.0 Å². The summed E-state index contributed by atoms with van der Waals surface area (Å²) in [4.78, 5) is 10.8. The SMILES string of the molecule is CN1CCN(c2ccc(C(F)(F)F)cc2CN=C(N)N2CCCCC2)CC1. The van der Waals surface area contributed by atoms with Crippen molar-refractivity contribution in [2.75, 3.05) is 51.2 Å². The highest BCUT2D eigenvalue weighted by molar-refractivity contribution is 5.78. The summed E-state index contributed by atoms with van der Waals surface area (Å²) in [5.74, 6) is 0.427. The predicted molar refractivity (Wildman–Crippen MR) is 102 cm³/mol. The summed E-state index contributed by atoms with van der Waals surface area (Å²) in [6.07, 6.45) is -1.03. The molecular formula is C19H28F3N5. The molecule has 27 heavy (non-hydrogen) atoms. The largest absolute Gasteiger partial charge is 0.416 e. The van der Waals surface area contributed by atoms with Crippen molar-refractivity contribution in [3.63, 3.8) is 0 Å². The summed E-state index contributed by atoms with van der Waals surface area (Å²) in [5.41, 5.74) is 6.87. The zero-order valence-corrected chi connectivity index (χ0v) is 15.8. The van der Waals surface area contributed by atoms with Crippen LogP contribution in [-0.4, -0.2) is 62.1 Å². The van der Waals surface area contributed by atoms with E-state index in [-0.39, 0.29) is 6.54 Å². The van der Waals surface area contributed by atoms with Gasteiger partial charge in [0.05, 0.1) is 12.1 Å². The third-order valence-electron chi connectivity index (χ3n) is 5.34. The number of rotatable bonds is 3. The maximum Gasteiger partial charge on any atom is 0.416 e. The minimum absolute atomic E-state index is 0.161. The van der Waals surface area contributed by atoms with Crippen LogP contribution in [0.15, 0.2) is 23.2 Å². The van der Waals surface area contributed by atoms with Crippen LogP contribution in [0.3, 0.4) is 0 Å². The van der Waals surface area contributed by atoms with E-state index in [9.17, 15) is 13.2 Å². The summed E-state index contributed by atoms with van der Waals surface area (Å²) >= 11 is 0. The average Bonchev–Trinajstić information content (AvgIpc) is 2.66. The number of hydrogen-bond acceptors (Lipinski definition) is 3. The average molecular weight is 383 g/mol. The minimum Gasteiger partial charge on any atom is -0.370 e. The Kier molecular flexibility index (Phi) is 6.14. The highest BCUT2D eigenvalue weighted by atomic mass is 19.4. The van der Waals surface area contributed by atoms with Gasteiger partial charge in [-0.1, -0.05) is 0 Å². The fourth-order valence-electron chi connectivity index (χ4n) is 3.63. The Morgan fingerprint density at radius 3 is 2.33 bits per heavy atom. The predicted octanol–water partition coefficient (Wildman–Crippen LogP) is 2.76. The first-order valence-corrected chi connectivity index (χ1v) is 9.53. The van der Waals surface area contributed by atoms with Gasteiger partial charge < -0.3 is 20.4 Å². The molecule has 0 bridgehead atoms. The molecule has 0 atom stereocenters. The molecule has 2 aliphatic rings. The Morgan fingerprint density at radius 2 is 1.70 bits per heavy atom. The van der Waals surface area contributed by atoms with Crippen LogP contribution in [0, 0.1) is 0 Å². The van der Waals surface area contributed by atoms with Crippen LogP contribution >= 0.6 is 0 Å². The third kappa shape index (κ3) is 5.06. The molecule has 3 rings (SSSR count). The summed E-state index contributed by atoms with van der Waals surface area (Å²) in [6.45, 7) is 5.25. The van der Waals surface area contributed by atoms with Crippen LogP contribution in [-0.2, 0) is 12.7 Å². The fraction of sp³-hybridized carbons (Fsp3) is 0.632. The van der Waals surface area contributed by atoms with Gasteiger partial charge in [-0.2, -0.15) is 13.2 Å². The molecule has 1 aromatic rings. The van der Waals surface area contributed by atoms with Gasteiger partial charge in [0.15, 0.2) is 5.96 Å². The van der Waals surface area contributed by atoms with Gasteiger partial charge in [-0.3, -0.25) is 0 Å². The highest BCUT2D eigenvalue weighted by Crippen LogP contribution is 2.33. The van der Waals surface area contributed by atoms with E-state index in [0.717, 1.165) is 63.9 Å². The quantitative estimate of drug-likeness (QED) is 0.644. The molecular weight excluding hydrogens is 355 g/mol. The number of piperazine rings is 1. The number of alkyl halides is 3. The number of benzene rings is 1. The number of guanidine groups is 1. The number of aliphatic imine (C=N–C) groups is 1. The van der Waals surface area contributed by atoms with Crippen LogP contribution in [0.4, 0.5) is 18.9 Å². The van der Waals surface area contributed by atoms with E-state index < -0.39 is 11.7 Å². The lowest BCUT2D eigenvalue weighted by atomic mass is 10.1. The van der Waals surface area contributed by atoms with Crippen molar-refractivity contribution in [2.24, 2.45) is 10.7 Å². The Balaban J connectivity index is 1.83. The summed E-state index contributed by atoms with van der Waals surface area (Å²) in [7, 11) is 2.05. The Hall–Kier alpha value is -1.96. The van der Waals surface area contributed by atoms with E-state index in [2.05, 4.69) is 21.8 Å². The lowest BCUT2D eigenvalue weighted by Crippen LogP contribution is -2.44. The van der Waals surface area contributed by atoms with Crippen molar-refractivity contribution in [1.82, 2.24) is 9.80 Å². The Bertz CT molecular complexity index is 660. The molecule has 0 aromatic heterocycles. The second-order valence-electron chi connectivity index (χ2n) is 7.35. The van der Waals surface area contributed by atoms with Gasteiger partial charge in [0, 0.05) is 45.0 Å². The lowest BCUT2D eigenvalue weighted by molar-refractivity contribution is -0.137. The third-order valence-corrected chi connectivity index (χ3v) is 5.34. The standard InChI is InChI=1S/C19H28F3N5/c1-25-9-11-26(12-10-25)17-6-5-16(19(20,21)22)13-15(17)14-24-18(23)27-7-3-2-4-8-27/h5-6,13H,2-4,7-12,14H2,1H3,(H2,23,24). The molecule has 0 saturated carbocycles. The topological polar surface area (TPSA) is 48.1 Å². The number of halogens is 3. The maximum absolute atomic E-state index is 13.2. The molecule has 0 aliphatic carbocycles. The number of piperidine rings is 1. The van der Waals surface area contributed by atoms with Gasteiger partial charge in [0.2, 0.25) is 0 Å². The number of likely N-dealkylation sites (N-methyl/N-ethyl adjacent to an activating group) is 1. The van der Waals surface area contributed by atoms with E-state index in [4.69, 9.17) is 5.73 Å². The van der Waals surface area contributed by atoms with Gasteiger partial charge >= 0.3 is 6.18 Å². The van der Waals surface area contributed by atoms with Crippen LogP contribution in [0.25, 0.3) is 0 Å². The number of nitrogens with zero attached hydrogens (tertiary/aromatic N) is 4. The molecule has 2 heterocycles. The van der Waals surface area contributed by atoms with Gasteiger partial charge in [-0.25, -0.2) is 4.99 Å². The first-order valence-electron chi connectivity index (χ1n) is 9.53. The van der Waals surface area contributed by atoms with Gasteiger partial charge in [0.1, 0.15) is 0 Å². The molecule has 5 nitrogen and oxygen atoms in total. The Labute approximate surface area is 158 Å². The normalized spacial score (nSPS) is 20.2. The number of anilines is 1. The lowest BCUT2D eigenvalue weighted by Gasteiger charge is -2.35. The molecule has 2 N–H and O–H groups in total. The summed E-state index contributed by atoms with van der Waals surface area (Å²) in [5, 5.41) is 0. The van der Waals surface area contributed by atoms with Crippen LogP contribution in [0.1, 0.15) is 30.4 Å². The van der Waals surface area contributed by atoms with Crippen molar-refractivity contribution in [3.05, 3.63) is 29.3 Å². The van der Waals surface area contributed by atoms with E-state index >= 15 is 0 Å². The molecule has 150 valence electrons. The summed E-state index contributed by atoms with van der Waals surface area (Å²) < 4.78 is 39.6. The molecule has 2 fully saturated rings. The molecule has 2 aliphatic heterocycles. The second kappa shape index (κ2) is 8.37. The molecule has 0 unspecified atom stereocenters. The van der Waals surface area contributed by atoms with E-state index in [1.807, 2.05) is 4.90 Å². The van der Waals surface area contributed by atoms with E-state index in [0.29, 0.717) is 11.5 Å². The number of likely N-dealkylation sites (tertiary alicyclic amines) is 1. The van der Waals surface area contributed by atoms with Crippen LogP contribution in [0.5, 0.6) is 0 Å². The molecule has 0 amide bonds. The van der Waals surface area contributed by atoms with E-state index in [1.165, 1.54) is 12.5 Å². The van der Waals surface area contributed by atoms with Crippen LogP contribution in [0.2, 0.25) is 0 Å². The van der Waals surface area contributed by atoms with Gasteiger partial charge in [0.25, 0.3) is 0 Å². The first kappa shape index (κ1) is 19.8. The molecule has 1 aromatic carbocycles. The van der Waals surface area contributed by atoms with Gasteiger partial charge in [-0.05, 0) is 50.1 Å². The van der Waals surface area contributed by atoms with Crippen molar-refractivity contribution in [1.29, 1.82) is 0 Å². The van der Waals surface area contributed by atoms with Crippen molar-refractivity contribution in [3.8, 4) is 0 Å². The summed E-state index contributed by atoms with van der Waals surface area (Å²) in [6, 6.07) is 3.96. The van der Waals surface area contributed by atoms with E-state index in [1.54, 1.807) is 6.07 Å². The Morgan fingerprint density at radius 1 is 1.04 bits per heavy atom.